The molecule has 23 heavy (non-hydrogen) atoms. The average molecular weight is 319 g/mol. The second-order valence-electron chi connectivity index (χ2n) is 6.12. The first-order valence-corrected chi connectivity index (χ1v) is 8.10. The van der Waals surface area contributed by atoms with Gasteiger partial charge in [-0.2, -0.15) is 0 Å². The van der Waals surface area contributed by atoms with Crippen molar-refractivity contribution in [3.8, 4) is 0 Å². The van der Waals surface area contributed by atoms with E-state index in [1.54, 1.807) is 4.90 Å². The molecule has 1 heterocycles. The Labute approximate surface area is 137 Å². The minimum absolute atomic E-state index is 0.122. The van der Waals surface area contributed by atoms with Gasteiger partial charge in [0, 0.05) is 13.1 Å². The first-order chi connectivity index (χ1) is 11.1. The number of benzene rings is 1. The Morgan fingerprint density at radius 2 is 1.96 bits per heavy atom. The number of rotatable bonds is 5. The molecule has 0 aliphatic carbocycles. The average Bonchev–Trinajstić information content (AvgIpc) is 3.04. The molecule has 0 radical (unpaired) electrons. The lowest BCUT2D eigenvalue weighted by Gasteiger charge is -2.21. The molecule has 1 amide bonds. The number of hydrogen-bond donors (Lipinski definition) is 0. The molecule has 1 aromatic carbocycles. The van der Waals surface area contributed by atoms with Gasteiger partial charge in [-0.05, 0) is 17.4 Å². The summed E-state index contributed by atoms with van der Waals surface area (Å²) in [7, 11) is 1.40. The Morgan fingerprint density at radius 1 is 1.26 bits per heavy atom. The van der Waals surface area contributed by atoms with E-state index in [0.29, 0.717) is 19.0 Å². The van der Waals surface area contributed by atoms with Gasteiger partial charge in [0.25, 0.3) is 0 Å². The number of hydrogen-bond acceptors (Lipinski definition) is 4. The first-order valence-electron chi connectivity index (χ1n) is 8.10. The number of likely N-dealkylation sites (tertiary alicyclic amines) is 1. The van der Waals surface area contributed by atoms with E-state index in [2.05, 4.69) is 13.8 Å². The van der Waals surface area contributed by atoms with Crippen molar-refractivity contribution in [3.05, 3.63) is 35.9 Å². The molecule has 5 nitrogen and oxygen atoms in total. The van der Waals surface area contributed by atoms with Crippen molar-refractivity contribution in [1.29, 1.82) is 0 Å². The third-order valence-corrected chi connectivity index (χ3v) is 4.71. The highest BCUT2D eigenvalue weighted by molar-refractivity contribution is 5.76. The fourth-order valence-corrected chi connectivity index (χ4v) is 3.07. The summed E-state index contributed by atoms with van der Waals surface area (Å²) in [5.74, 6) is -0.0318. The zero-order chi connectivity index (χ0) is 16.8. The number of nitrogens with zero attached hydrogens (tertiary/aromatic N) is 1. The summed E-state index contributed by atoms with van der Waals surface area (Å²) < 4.78 is 10.3. The lowest BCUT2D eigenvalue weighted by molar-refractivity contribution is -0.146. The van der Waals surface area contributed by atoms with Crippen LogP contribution in [0.2, 0.25) is 0 Å². The van der Waals surface area contributed by atoms with Gasteiger partial charge in [0.05, 0.1) is 13.0 Å². The molecule has 0 N–H and O–H groups in total. The van der Waals surface area contributed by atoms with Crippen molar-refractivity contribution in [2.75, 3.05) is 20.2 Å². The van der Waals surface area contributed by atoms with E-state index < -0.39 is 0 Å². The highest BCUT2D eigenvalue weighted by atomic mass is 16.6. The predicted molar refractivity (Wildman–Crippen MR) is 86.7 cm³/mol. The maximum atomic E-state index is 12.3. The summed E-state index contributed by atoms with van der Waals surface area (Å²) in [6, 6.07) is 9.56. The lowest BCUT2D eigenvalue weighted by Crippen LogP contribution is -2.30. The molecule has 1 fully saturated rings. The molecule has 126 valence electrons. The topological polar surface area (TPSA) is 55.8 Å². The quantitative estimate of drug-likeness (QED) is 0.783. The minimum atomic E-state index is -0.367. The van der Waals surface area contributed by atoms with Crippen molar-refractivity contribution in [1.82, 2.24) is 4.90 Å². The van der Waals surface area contributed by atoms with Crippen LogP contribution < -0.4 is 0 Å². The Morgan fingerprint density at radius 3 is 2.57 bits per heavy atom. The van der Waals surface area contributed by atoms with Gasteiger partial charge in [0.1, 0.15) is 6.61 Å². The highest BCUT2D eigenvalue weighted by Gasteiger charge is 2.42. The van der Waals surface area contributed by atoms with Gasteiger partial charge < -0.3 is 14.4 Å². The van der Waals surface area contributed by atoms with Gasteiger partial charge in [0.2, 0.25) is 0 Å². The third-order valence-electron chi connectivity index (χ3n) is 4.71. The Kier molecular flexibility index (Phi) is 6.02. The van der Waals surface area contributed by atoms with Crippen LogP contribution in [0.3, 0.4) is 0 Å². The summed E-state index contributed by atoms with van der Waals surface area (Å²) in [5.41, 5.74) is 0.947. The van der Waals surface area contributed by atoms with Crippen LogP contribution >= 0.6 is 0 Å². The van der Waals surface area contributed by atoms with Crippen LogP contribution in [-0.4, -0.2) is 37.2 Å². The summed E-state index contributed by atoms with van der Waals surface area (Å²) in [6.45, 7) is 5.36. The molecule has 1 aromatic rings. The molecule has 2 rings (SSSR count). The number of methoxy groups -OCH3 is 1. The largest absolute Gasteiger partial charge is 0.469 e. The van der Waals surface area contributed by atoms with Gasteiger partial charge >= 0.3 is 12.1 Å². The van der Waals surface area contributed by atoms with Crippen LogP contribution in [0.15, 0.2) is 30.3 Å². The maximum Gasteiger partial charge on any atom is 0.410 e. The second kappa shape index (κ2) is 7.99. The summed E-state index contributed by atoms with van der Waals surface area (Å²) in [4.78, 5) is 25.9. The van der Waals surface area contributed by atoms with E-state index in [1.807, 2.05) is 30.3 Å². The smallest absolute Gasteiger partial charge is 0.410 e. The molecule has 0 saturated carbocycles. The molecular formula is C18H25NO4. The Bertz CT molecular complexity index is 531. The minimum Gasteiger partial charge on any atom is -0.469 e. The van der Waals surface area contributed by atoms with Crippen LogP contribution in [0.1, 0.15) is 25.8 Å². The molecule has 0 aromatic heterocycles. The SMILES string of the molecule is CC[C@H](C)C1CN(C(=O)OCc2ccccc2)CC1C(=O)OC. The zero-order valence-corrected chi connectivity index (χ0v) is 14.0. The third kappa shape index (κ3) is 4.24. The molecule has 1 aliphatic heterocycles. The summed E-state index contributed by atoms with van der Waals surface area (Å²) in [5, 5.41) is 0. The van der Waals surface area contributed by atoms with Crippen molar-refractivity contribution in [3.63, 3.8) is 0 Å². The standard InChI is InChI=1S/C18H25NO4/c1-4-13(2)15-10-19(11-16(15)17(20)22-3)18(21)23-12-14-8-6-5-7-9-14/h5-9,13,15-16H,4,10-12H2,1-3H3/t13-,15?,16?/m0/s1. The highest BCUT2D eigenvalue weighted by Crippen LogP contribution is 2.32. The van der Waals surface area contributed by atoms with Crippen LogP contribution in [0.25, 0.3) is 0 Å². The van der Waals surface area contributed by atoms with E-state index in [-0.39, 0.29) is 30.5 Å². The van der Waals surface area contributed by atoms with Crippen molar-refractivity contribution in [2.45, 2.75) is 26.9 Å². The molecule has 5 heteroatoms. The van der Waals surface area contributed by atoms with Crippen LogP contribution in [0, 0.1) is 17.8 Å². The lowest BCUT2D eigenvalue weighted by atomic mass is 9.84. The molecule has 3 atom stereocenters. The number of esters is 1. The summed E-state index contributed by atoms with van der Waals surface area (Å²) in [6.07, 6.45) is 0.596. The fourth-order valence-electron chi connectivity index (χ4n) is 3.07. The maximum absolute atomic E-state index is 12.3. The van der Waals surface area contributed by atoms with Gasteiger partial charge in [-0.3, -0.25) is 4.79 Å². The van der Waals surface area contributed by atoms with Gasteiger partial charge in [-0.1, -0.05) is 50.6 Å². The van der Waals surface area contributed by atoms with Gasteiger partial charge in [-0.25, -0.2) is 4.79 Å². The van der Waals surface area contributed by atoms with E-state index >= 15 is 0 Å². The van der Waals surface area contributed by atoms with Gasteiger partial charge in [-0.15, -0.1) is 0 Å². The van der Waals surface area contributed by atoms with E-state index in [4.69, 9.17) is 9.47 Å². The van der Waals surface area contributed by atoms with E-state index in [9.17, 15) is 9.59 Å². The van der Waals surface area contributed by atoms with Gasteiger partial charge in [0.15, 0.2) is 0 Å². The van der Waals surface area contributed by atoms with Crippen molar-refractivity contribution >= 4 is 12.1 Å². The predicted octanol–water partition coefficient (Wildman–Crippen LogP) is 3.09. The van der Waals surface area contributed by atoms with Crippen LogP contribution in [-0.2, 0) is 20.9 Å². The second-order valence-corrected chi connectivity index (χ2v) is 6.12. The molecule has 0 spiro atoms. The Hall–Kier alpha value is -2.04. The molecule has 0 bridgehead atoms. The fraction of sp³-hybridized carbons (Fsp3) is 0.556. The number of carbonyl (C=O) groups excluding carboxylic acids is 2. The number of amides is 1. The zero-order valence-electron chi connectivity index (χ0n) is 14.0. The van der Waals surface area contributed by atoms with Crippen molar-refractivity contribution in [2.24, 2.45) is 17.8 Å². The normalized spacial score (nSPS) is 21.8. The monoisotopic (exact) mass is 319 g/mol. The molecule has 1 aliphatic rings. The van der Waals surface area contributed by atoms with Crippen molar-refractivity contribution < 1.29 is 19.1 Å². The van der Waals surface area contributed by atoms with Crippen LogP contribution in [0.5, 0.6) is 0 Å². The van der Waals surface area contributed by atoms with Crippen LogP contribution in [0.4, 0.5) is 4.79 Å². The van der Waals surface area contributed by atoms with E-state index in [1.165, 1.54) is 7.11 Å². The van der Waals surface area contributed by atoms with E-state index in [0.717, 1.165) is 12.0 Å². The number of carbonyl (C=O) groups is 2. The molecular weight excluding hydrogens is 294 g/mol. The number of ether oxygens (including phenoxy) is 2. The molecule has 2 unspecified atom stereocenters. The summed E-state index contributed by atoms with van der Waals surface area (Å²) >= 11 is 0. The Balaban J connectivity index is 1.97. The first kappa shape index (κ1) is 17.3. The molecule has 1 saturated heterocycles.